The molecule has 1 amide bonds. The molecule has 0 bridgehead atoms. The molecule has 1 aliphatic rings. The van der Waals surface area contributed by atoms with Gasteiger partial charge in [-0.1, -0.05) is 30.7 Å². The van der Waals surface area contributed by atoms with Gasteiger partial charge in [0.2, 0.25) is 0 Å². The lowest BCUT2D eigenvalue weighted by Gasteiger charge is -2.32. The van der Waals surface area contributed by atoms with E-state index in [-0.39, 0.29) is 11.9 Å². The molecule has 0 saturated carbocycles. The van der Waals surface area contributed by atoms with E-state index in [2.05, 4.69) is 41.4 Å². The number of hydrogen-bond donors (Lipinski definition) is 1. The highest BCUT2D eigenvalue weighted by Crippen LogP contribution is 2.27. The molecular weight excluding hydrogens is 372 g/mol. The number of carbonyl (C=O) groups excluding carboxylic acids is 1. The number of benzene rings is 2. The molecule has 150 valence electrons. The fourth-order valence-electron chi connectivity index (χ4n) is 3.52. The minimum absolute atomic E-state index is 0.0896. The van der Waals surface area contributed by atoms with Gasteiger partial charge in [0.05, 0.1) is 17.7 Å². The average Bonchev–Trinajstić information content (AvgIpc) is 2.70. The van der Waals surface area contributed by atoms with Crippen molar-refractivity contribution in [3.8, 4) is 5.75 Å². The zero-order valence-electron chi connectivity index (χ0n) is 16.9. The normalized spacial score (nSPS) is 15.9. The second-order valence-corrected chi connectivity index (χ2v) is 7.94. The van der Waals surface area contributed by atoms with E-state index in [1.54, 1.807) is 18.2 Å². The molecule has 0 spiro atoms. The quantitative estimate of drug-likeness (QED) is 0.699. The lowest BCUT2D eigenvalue weighted by molar-refractivity contribution is 0.0940. The van der Waals surface area contributed by atoms with Crippen molar-refractivity contribution in [2.75, 3.05) is 24.6 Å². The molecular formula is C23H29ClN2O2. The van der Waals surface area contributed by atoms with Crippen LogP contribution in [-0.2, 0) is 0 Å². The van der Waals surface area contributed by atoms with Crippen molar-refractivity contribution in [1.82, 2.24) is 5.32 Å². The lowest BCUT2D eigenvalue weighted by atomic mass is 9.98. The van der Waals surface area contributed by atoms with Crippen LogP contribution in [0.1, 0.15) is 55.6 Å². The molecule has 1 unspecified atom stereocenters. The molecule has 1 heterocycles. The number of nitrogens with one attached hydrogen (secondary N) is 1. The van der Waals surface area contributed by atoms with Gasteiger partial charge in [0.25, 0.3) is 5.91 Å². The molecule has 4 nitrogen and oxygen atoms in total. The highest BCUT2D eigenvalue weighted by molar-refractivity contribution is 6.32. The molecule has 0 aliphatic carbocycles. The number of anilines is 1. The van der Waals surface area contributed by atoms with Crippen LogP contribution in [0.4, 0.5) is 5.69 Å². The molecule has 1 fully saturated rings. The largest absolute Gasteiger partial charge is 0.492 e. The Morgan fingerprint density at radius 2 is 1.89 bits per heavy atom. The maximum atomic E-state index is 12.6. The molecule has 28 heavy (non-hydrogen) atoms. The van der Waals surface area contributed by atoms with Gasteiger partial charge >= 0.3 is 0 Å². The standard InChI is InChI=1S/C23H29ClN2O2/c1-4-28-22-10-7-19(15-21(22)24)23(27)25-17(3)18-5-8-20(9-6-18)26-13-11-16(2)12-14-26/h5-10,15-17H,4,11-14H2,1-3H3,(H,25,27). The van der Waals surface area contributed by atoms with Gasteiger partial charge in [0.1, 0.15) is 5.75 Å². The number of nitrogens with zero attached hydrogens (tertiary/aromatic N) is 1. The van der Waals surface area contributed by atoms with Gasteiger partial charge in [-0.05, 0) is 68.5 Å². The van der Waals surface area contributed by atoms with E-state index in [9.17, 15) is 4.79 Å². The summed E-state index contributed by atoms with van der Waals surface area (Å²) in [5, 5.41) is 3.49. The molecule has 2 aromatic rings. The molecule has 1 aliphatic heterocycles. The van der Waals surface area contributed by atoms with E-state index in [1.165, 1.54) is 18.5 Å². The van der Waals surface area contributed by atoms with Crippen molar-refractivity contribution in [1.29, 1.82) is 0 Å². The molecule has 0 radical (unpaired) electrons. The Hall–Kier alpha value is -2.20. The van der Waals surface area contributed by atoms with Crippen LogP contribution in [0.25, 0.3) is 0 Å². The predicted molar refractivity (Wildman–Crippen MR) is 116 cm³/mol. The number of rotatable bonds is 6. The Morgan fingerprint density at radius 1 is 1.21 bits per heavy atom. The summed E-state index contributed by atoms with van der Waals surface area (Å²) in [4.78, 5) is 15.0. The van der Waals surface area contributed by atoms with Gasteiger partial charge in [-0.15, -0.1) is 0 Å². The molecule has 2 aromatic carbocycles. The number of carbonyl (C=O) groups is 1. The fraction of sp³-hybridized carbons (Fsp3) is 0.435. The first-order valence-electron chi connectivity index (χ1n) is 10.1. The van der Waals surface area contributed by atoms with Crippen LogP contribution in [0, 0.1) is 5.92 Å². The van der Waals surface area contributed by atoms with Crippen molar-refractivity contribution >= 4 is 23.2 Å². The minimum Gasteiger partial charge on any atom is -0.492 e. The van der Waals surface area contributed by atoms with E-state index in [0.717, 1.165) is 24.6 Å². The van der Waals surface area contributed by atoms with Gasteiger partial charge < -0.3 is 15.0 Å². The Bertz CT molecular complexity index is 799. The summed E-state index contributed by atoms with van der Waals surface area (Å²) in [7, 11) is 0. The van der Waals surface area contributed by atoms with Crippen molar-refractivity contribution < 1.29 is 9.53 Å². The van der Waals surface area contributed by atoms with Gasteiger partial charge in [0, 0.05) is 24.3 Å². The number of halogens is 1. The highest BCUT2D eigenvalue weighted by Gasteiger charge is 2.17. The summed E-state index contributed by atoms with van der Waals surface area (Å²) < 4.78 is 5.42. The first-order chi connectivity index (χ1) is 13.5. The first kappa shape index (κ1) is 20.5. The van der Waals surface area contributed by atoms with Crippen LogP contribution in [0.5, 0.6) is 5.75 Å². The molecule has 5 heteroatoms. The Morgan fingerprint density at radius 3 is 2.50 bits per heavy atom. The number of hydrogen-bond acceptors (Lipinski definition) is 3. The maximum absolute atomic E-state index is 12.6. The summed E-state index contributed by atoms with van der Waals surface area (Å²) in [5.41, 5.74) is 2.87. The van der Waals surface area contributed by atoms with Crippen molar-refractivity contribution in [3.05, 3.63) is 58.6 Å². The van der Waals surface area contributed by atoms with Crippen LogP contribution < -0.4 is 15.0 Å². The summed E-state index contributed by atoms with van der Waals surface area (Å²) in [6.07, 6.45) is 2.50. The highest BCUT2D eigenvalue weighted by atomic mass is 35.5. The van der Waals surface area contributed by atoms with E-state index < -0.39 is 0 Å². The Balaban J connectivity index is 1.61. The molecule has 1 N–H and O–H groups in total. The maximum Gasteiger partial charge on any atom is 0.251 e. The first-order valence-corrected chi connectivity index (χ1v) is 10.4. The summed E-state index contributed by atoms with van der Waals surface area (Å²) in [6, 6.07) is 13.5. The van der Waals surface area contributed by atoms with E-state index in [1.807, 2.05) is 13.8 Å². The molecule has 1 atom stereocenters. The third kappa shape index (κ3) is 4.99. The van der Waals surface area contributed by atoms with Gasteiger partial charge in [-0.3, -0.25) is 4.79 Å². The second-order valence-electron chi connectivity index (χ2n) is 7.53. The van der Waals surface area contributed by atoms with Gasteiger partial charge in [-0.2, -0.15) is 0 Å². The van der Waals surface area contributed by atoms with Gasteiger partial charge in [0.15, 0.2) is 0 Å². The zero-order valence-corrected chi connectivity index (χ0v) is 17.6. The number of piperidine rings is 1. The van der Waals surface area contributed by atoms with Gasteiger partial charge in [-0.25, -0.2) is 0 Å². The van der Waals surface area contributed by atoms with Crippen LogP contribution in [0.2, 0.25) is 5.02 Å². The zero-order chi connectivity index (χ0) is 20.1. The minimum atomic E-state index is -0.147. The third-order valence-corrected chi connectivity index (χ3v) is 5.68. The number of ether oxygens (including phenoxy) is 1. The summed E-state index contributed by atoms with van der Waals surface area (Å²) >= 11 is 6.20. The van der Waals surface area contributed by atoms with Crippen molar-refractivity contribution in [2.24, 2.45) is 5.92 Å². The van der Waals surface area contributed by atoms with Crippen LogP contribution in [-0.4, -0.2) is 25.6 Å². The van der Waals surface area contributed by atoms with Crippen LogP contribution >= 0.6 is 11.6 Å². The SMILES string of the molecule is CCOc1ccc(C(=O)NC(C)c2ccc(N3CCC(C)CC3)cc2)cc1Cl. The predicted octanol–water partition coefficient (Wildman–Crippen LogP) is 5.47. The molecule has 1 saturated heterocycles. The fourth-order valence-corrected chi connectivity index (χ4v) is 3.75. The summed E-state index contributed by atoms with van der Waals surface area (Å²) in [5.74, 6) is 1.27. The molecule has 0 aromatic heterocycles. The average molecular weight is 401 g/mol. The third-order valence-electron chi connectivity index (χ3n) is 5.38. The smallest absolute Gasteiger partial charge is 0.251 e. The lowest BCUT2D eigenvalue weighted by Crippen LogP contribution is -2.32. The Labute approximate surface area is 172 Å². The van der Waals surface area contributed by atoms with E-state index in [0.29, 0.717) is 22.9 Å². The Kier molecular flexibility index (Phi) is 6.84. The van der Waals surface area contributed by atoms with E-state index >= 15 is 0 Å². The van der Waals surface area contributed by atoms with E-state index in [4.69, 9.17) is 16.3 Å². The number of amides is 1. The summed E-state index contributed by atoms with van der Waals surface area (Å²) in [6.45, 7) is 8.98. The second kappa shape index (κ2) is 9.33. The van der Waals surface area contributed by atoms with Crippen LogP contribution in [0.15, 0.2) is 42.5 Å². The topological polar surface area (TPSA) is 41.6 Å². The van der Waals surface area contributed by atoms with Crippen molar-refractivity contribution in [3.63, 3.8) is 0 Å². The van der Waals surface area contributed by atoms with Crippen LogP contribution in [0.3, 0.4) is 0 Å². The van der Waals surface area contributed by atoms with Crippen molar-refractivity contribution in [2.45, 2.75) is 39.7 Å². The monoisotopic (exact) mass is 400 g/mol. The molecule has 3 rings (SSSR count).